The van der Waals surface area contributed by atoms with Crippen molar-refractivity contribution < 1.29 is 14.8 Å². The van der Waals surface area contributed by atoms with Gasteiger partial charge in [0, 0.05) is 12.3 Å². The molecule has 0 unspecified atom stereocenters. The number of carbonyl (C=O) groups is 1. The zero-order valence-corrected chi connectivity index (χ0v) is 11.3. The lowest BCUT2D eigenvalue weighted by atomic mass is 9.77. The Morgan fingerprint density at radius 3 is 2.74 bits per heavy atom. The number of piperidine rings is 1. The molecule has 0 spiro atoms. The van der Waals surface area contributed by atoms with Gasteiger partial charge >= 0.3 is 5.97 Å². The van der Waals surface area contributed by atoms with Gasteiger partial charge in [0.1, 0.15) is 6.10 Å². The number of benzene rings is 1. The number of hydrogen-bond donors (Lipinski definition) is 1. The quantitative estimate of drug-likeness (QED) is 0.823. The van der Waals surface area contributed by atoms with Crippen molar-refractivity contribution in [2.24, 2.45) is 5.92 Å². The van der Waals surface area contributed by atoms with Gasteiger partial charge in [-0.2, -0.15) is 0 Å². The van der Waals surface area contributed by atoms with Crippen LogP contribution in [0.15, 0.2) is 30.3 Å². The zero-order chi connectivity index (χ0) is 13.1. The van der Waals surface area contributed by atoms with Crippen LogP contribution in [0.2, 0.25) is 0 Å². The highest BCUT2D eigenvalue weighted by Crippen LogP contribution is 2.30. The van der Waals surface area contributed by atoms with Gasteiger partial charge in [0.2, 0.25) is 0 Å². The van der Waals surface area contributed by atoms with Crippen LogP contribution in [0.4, 0.5) is 0 Å². The van der Waals surface area contributed by atoms with E-state index in [0.717, 1.165) is 13.0 Å². The third-order valence-electron chi connectivity index (χ3n) is 4.54. The van der Waals surface area contributed by atoms with Gasteiger partial charge in [0.05, 0.1) is 18.2 Å². The van der Waals surface area contributed by atoms with Crippen molar-refractivity contribution >= 4 is 5.97 Å². The second-order valence-corrected chi connectivity index (χ2v) is 5.74. The predicted molar refractivity (Wildman–Crippen MR) is 72.8 cm³/mol. The molecule has 0 bridgehead atoms. The molecule has 19 heavy (non-hydrogen) atoms. The highest BCUT2D eigenvalue weighted by Gasteiger charge is 2.39. The molecular weight excluding hydrogens is 238 g/mol. The van der Waals surface area contributed by atoms with Crippen LogP contribution in [0.5, 0.6) is 0 Å². The summed E-state index contributed by atoms with van der Waals surface area (Å²) < 4.78 is 5.79. The van der Waals surface area contributed by atoms with Crippen LogP contribution in [0.1, 0.15) is 42.5 Å². The summed E-state index contributed by atoms with van der Waals surface area (Å²) in [5.74, 6) is 0.409. The molecule has 1 aromatic carbocycles. The average molecular weight is 260 g/mol. The van der Waals surface area contributed by atoms with Gasteiger partial charge in [-0.05, 0) is 31.4 Å². The summed E-state index contributed by atoms with van der Waals surface area (Å²) in [7, 11) is 0. The standard InChI is InChI=1S/C16H21NO2/c18-16(12-6-2-1-3-7-12)19-15-10-11-17-14-9-5-4-8-13(14)15/h1-3,6-7,13-15,17H,4-5,8-11H2/p+1/t13-,14+,15+/m0/s1. The van der Waals surface area contributed by atoms with Crippen molar-refractivity contribution in [3.63, 3.8) is 0 Å². The number of ether oxygens (including phenoxy) is 1. The number of rotatable bonds is 2. The lowest BCUT2D eigenvalue weighted by molar-refractivity contribution is -0.710. The Morgan fingerprint density at radius 2 is 1.89 bits per heavy atom. The second-order valence-electron chi connectivity index (χ2n) is 5.74. The van der Waals surface area contributed by atoms with E-state index in [4.69, 9.17) is 4.74 Å². The summed E-state index contributed by atoms with van der Waals surface area (Å²) in [6.45, 7) is 1.09. The summed E-state index contributed by atoms with van der Waals surface area (Å²) >= 11 is 0. The Labute approximate surface area is 114 Å². The molecule has 1 aliphatic carbocycles. The molecule has 1 saturated carbocycles. The molecule has 0 radical (unpaired) electrons. The topological polar surface area (TPSA) is 42.9 Å². The van der Waals surface area contributed by atoms with E-state index in [-0.39, 0.29) is 12.1 Å². The van der Waals surface area contributed by atoms with Gasteiger partial charge in [0.25, 0.3) is 0 Å². The molecular formula is C16H22NO2+. The number of esters is 1. The minimum atomic E-state index is -0.156. The maximum Gasteiger partial charge on any atom is 0.338 e. The van der Waals surface area contributed by atoms with Crippen LogP contribution in [-0.4, -0.2) is 24.7 Å². The fourth-order valence-corrected chi connectivity index (χ4v) is 3.56. The SMILES string of the molecule is O=C(O[C@@H]1CC[NH2+][C@@H]2CCCC[C@@H]21)c1ccccc1. The number of nitrogens with two attached hydrogens (primary N) is 1. The van der Waals surface area contributed by atoms with E-state index < -0.39 is 0 Å². The monoisotopic (exact) mass is 260 g/mol. The molecule has 1 aromatic rings. The summed E-state index contributed by atoms with van der Waals surface area (Å²) in [6.07, 6.45) is 6.24. The van der Waals surface area contributed by atoms with Crippen molar-refractivity contribution in [1.29, 1.82) is 0 Å². The smallest absolute Gasteiger partial charge is 0.338 e. The first kappa shape index (κ1) is 12.7. The summed E-state index contributed by atoms with van der Waals surface area (Å²) in [6, 6.07) is 10.0. The molecule has 0 amide bonds. The van der Waals surface area contributed by atoms with Crippen LogP contribution in [-0.2, 0) is 4.74 Å². The maximum atomic E-state index is 12.2. The van der Waals surface area contributed by atoms with Crippen molar-refractivity contribution in [3.05, 3.63) is 35.9 Å². The molecule has 2 aliphatic rings. The predicted octanol–water partition coefficient (Wildman–Crippen LogP) is 1.74. The number of carbonyl (C=O) groups excluding carboxylic acids is 1. The van der Waals surface area contributed by atoms with Crippen molar-refractivity contribution in [1.82, 2.24) is 0 Å². The molecule has 0 aromatic heterocycles. The van der Waals surface area contributed by atoms with Crippen LogP contribution in [0, 0.1) is 5.92 Å². The third-order valence-corrected chi connectivity index (χ3v) is 4.54. The number of hydrogen-bond acceptors (Lipinski definition) is 2. The average Bonchev–Trinajstić information content (AvgIpc) is 2.48. The largest absolute Gasteiger partial charge is 0.458 e. The van der Waals surface area contributed by atoms with Crippen molar-refractivity contribution in [3.8, 4) is 0 Å². The zero-order valence-electron chi connectivity index (χ0n) is 11.3. The first-order chi connectivity index (χ1) is 9.34. The van der Waals surface area contributed by atoms with Crippen molar-refractivity contribution in [2.45, 2.75) is 44.2 Å². The molecule has 1 aliphatic heterocycles. The second kappa shape index (κ2) is 5.74. The van der Waals surface area contributed by atoms with Gasteiger partial charge in [-0.1, -0.05) is 24.6 Å². The Hall–Kier alpha value is -1.35. The van der Waals surface area contributed by atoms with E-state index in [2.05, 4.69) is 5.32 Å². The van der Waals surface area contributed by atoms with E-state index in [1.165, 1.54) is 25.7 Å². The molecule has 1 heterocycles. The summed E-state index contributed by atoms with van der Waals surface area (Å²) in [5, 5.41) is 2.46. The van der Waals surface area contributed by atoms with E-state index in [1.807, 2.05) is 30.3 Å². The first-order valence-corrected chi connectivity index (χ1v) is 7.44. The van der Waals surface area contributed by atoms with Crippen LogP contribution in [0.3, 0.4) is 0 Å². The number of quaternary nitrogens is 1. The Morgan fingerprint density at radius 1 is 1.11 bits per heavy atom. The lowest BCUT2D eigenvalue weighted by Gasteiger charge is -2.38. The third kappa shape index (κ3) is 2.81. The van der Waals surface area contributed by atoms with Crippen molar-refractivity contribution in [2.75, 3.05) is 6.54 Å². The van der Waals surface area contributed by atoms with Gasteiger partial charge < -0.3 is 10.1 Å². The van der Waals surface area contributed by atoms with E-state index in [0.29, 0.717) is 17.5 Å². The fraction of sp³-hybridized carbons (Fsp3) is 0.562. The number of fused-ring (bicyclic) bond motifs is 1. The maximum absolute atomic E-state index is 12.2. The van der Waals surface area contributed by atoms with Gasteiger partial charge in [-0.15, -0.1) is 0 Å². The highest BCUT2D eigenvalue weighted by molar-refractivity contribution is 5.89. The minimum Gasteiger partial charge on any atom is -0.458 e. The molecule has 1 saturated heterocycles. The van der Waals surface area contributed by atoms with Crippen LogP contribution in [0.25, 0.3) is 0 Å². The van der Waals surface area contributed by atoms with E-state index in [1.54, 1.807) is 0 Å². The lowest BCUT2D eigenvalue weighted by Crippen LogP contribution is -2.94. The van der Waals surface area contributed by atoms with E-state index in [9.17, 15) is 4.79 Å². The fourth-order valence-electron chi connectivity index (χ4n) is 3.56. The van der Waals surface area contributed by atoms with Crippen LogP contribution < -0.4 is 5.32 Å². The molecule has 3 nitrogen and oxygen atoms in total. The molecule has 2 N–H and O–H groups in total. The highest BCUT2D eigenvalue weighted by atomic mass is 16.5. The molecule has 2 fully saturated rings. The molecule has 3 rings (SSSR count). The normalized spacial score (nSPS) is 30.4. The van der Waals surface area contributed by atoms with Gasteiger partial charge in [-0.3, -0.25) is 0 Å². The summed E-state index contributed by atoms with van der Waals surface area (Å²) in [4.78, 5) is 12.2. The van der Waals surface area contributed by atoms with Gasteiger partial charge in [0.15, 0.2) is 0 Å². The minimum absolute atomic E-state index is 0.128. The van der Waals surface area contributed by atoms with Crippen LogP contribution >= 0.6 is 0 Å². The Kier molecular flexibility index (Phi) is 3.83. The van der Waals surface area contributed by atoms with E-state index >= 15 is 0 Å². The Bertz CT molecular complexity index is 430. The molecule has 3 heteroatoms. The molecule has 3 atom stereocenters. The summed E-state index contributed by atoms with van der Waals surface area (Å²) in [5.41, 5.74) is 0.671. The molecule has 102 valence electrons. The Balaban J connectivity index is 1.66. The first-order valence-electron chi connectivity index (χ1n) is 7.44. The van der Waals surface area contributed by atoms with Gasteiger partial charge in [-0.25, -0.2) is 4.79 Å².